The van der Waals surface area contributed by atoms with Crippen molar-refractivity contribution in [2.45, 2.75) is 33.6 Å². The van der Waals surface area contributed by atoms with Crippen molar-refractivity contribution in [2.75, 3.05) is 0 Å². The van der Waals surface area contributed by atoms with Gasteiger partial charge in [0.1, 0.15) is 5.78 Å². The summed E-state index contributed by atoms with van der Waals surface area (Å²) in [5, 5.41) is 3.68. The summed E-state index contributed by atoms with van der Waals surface area (Å²) in [6, 6.07) is 0. The van der Waals surface area contributed by atoms with Gasteiger partial charge in [0, 0.05) is 5.92 Å². The molecule has 0 amide bonds. The lowest BCUT2D eigenvalue weighted by Gasteiger charge is -2.32. The first-order valence-corrected chi connectivity index (χ1v) is 4.31. The molecule has 1 fully saturated rings. The van der Waals surface area contributed by atoms with Gasteiger partial charge in [-0.25, -0.2) is 0 Å². The molecule has 68 valence electrons. The summed E-state index contributed by atoms with van der Waals surface area (Å²) in [5.41, 5.74) is 0.400. The van der Waals surface area contributed by atoms with Gasteiger partial charge < -0.3 is 5.84 Å². The maximum absolute atomic E-state index is 11.7. The molecule has 0 aliphatic heterocycles. The van der Waals surface area contributed by atoms with Crippen LogP contribution in [0.3, 0.4) is 0 Å². The van der Waals surface area contributed by atoms with Crippen LogP contribution in [0.4, 0.5) is 0 Å². The minimum absolute atomic E-state index is 0.158. The first kappa shape index (κ1) is 9.23. The zero-order chi connectivity index (χ0) is 9.35. The molecule has 0 aromatic carbocycles. The molecule has 1 aliphatic carbocycles. The quantitative estimate of drug-likeness (QED) is 0.438. The average Bonchev–Trinajstić information content (AvgIpc) is 2.01. The topological polar surface area (TPSA) is 55.4 Å². The van der Waals surface area contributed by atoms with Crippen molar-refractivity contribution >= 4 is 11.5 Å². The zero-order valence-corrected chi connectivity index (χ0v) is 7.92. The summed E-state index contributed by atoms with van der Waals surface area (Å²) in [6.07, 6.45) is 1.74. The molecule has 0 heterocycles. The third-order valence-corrected chi connectivity index (χ3v) is 2.76. The van der Waals surface area contributed by atoms with Gasteiger partial charge in [-0.05, 0) is 26.7 Å². The van der Waals surface area contributed by atoms with Gasteiger partial charge in [-0.2, -0.15) is 5.10 Å². The number of ketones is 1. The smallest absolute Gasteiger partial charge is 0.146 e. The molecule has 1 unspecified atom stereocenters. The van der Waals surface area contributed by atoms with Gasteiger partial charge in [-0.15, -0.1) is 0 Å². The summed E-state index contributed by atoms with van der Waals surface area (Å²) in [4.78, 5) is 11.7. The van der Waals surface area contributed by atoms with E-state index < -0.39 is 5.41 Å². The highest BCUT2D eigenvalue weighted by molar-refractivity contribution is 6.11. The Morgan fingerprint density at radius 2 is 2.17 bits per heavy atom. The molecule has 0 aromatic rings. The van der Waals surface area contributed by atoms with E-state index in [-0.39, 0.29) is 11.7 Å². The third kappa shape index (κ3) is 1.24. The minimum Gasteiger partial charge on any atom is -0.323 e. The van der Waals surface area contributed by atoms with Gasteiger partial charge in [0.15, 0.2) is 0 Å². The monoisotopic (exact) mass is 168 g/mol. The number of nitrogens with two attached hydrogens (primary N) is 1. The molecule has 0 saturated heterocycles. The molecular weight excluding hydrogens is 152 g/mol. The Hall–Kier alpha value is -0.860. The van der Waals surface area contributed by atoms with E-state index in [1.807, 2.05) is 20.8 Å². The number of nitrogens with zero attached hydrogens (tertiary/aromatic N) is 1. The molecule has 1 rings (SSSR count). The molecule has 1 saturated carbocycles. The van der Waals surface area contributed by atoms with Crippen LogP contribution >= 0.6 is 0 Å². The van der Waals surface area contributed by atoms with E-state index in [9.17, 15) is 4.79 Å². The van der Waals surface area contributed by atoms with Gasteiger partial charge in [0.25, 0.3) is 0 Å². The number of rotatable bonds is 0. The van der Waals surface area contributed by atoms with Gasteiger partial charge in [0.05, 0.1) is 11.1 Å². The number of Topliss-reactive ketones (excluding diaryl/α,β-unsaturated/α-hetero) is 1. The van der Waals surface area contributed by atoms with E-state index in [2.05, 4.69) is 5.10 Å². The van der Waals surface area contributed by atoms with E-state index in [0.29, 0.717) is 0 Å². The summed E-state index contributed by atoms with van der Waals surface area (Å²) in [7, 11) is 0. The van der Waals surface area contributed by atoms with Crippen molar-refractivity contribution in [3.8, 4) is 0 Å². The van der Waals surface area contributed by atoms with E-state index in [1.54, 1.807) is 0 Å². The molecular formula is C9H16N2O. The van der Waals surface area contributed by atoms with Crippen molar-refractivity contribution in [1.82, 2.24) is 0 Å². The van der Waals surface area contributed by atoms with Crippen molar-refractivity contribution < 1.29 is 4.79 Å². The lowest BCUT2D eigenvalue weighted by Crippen LogP contribution is -2.42. The maximum atomic E-state index is 11.7. The van der Waals surface area contributed by atoms with Crippen molar-refractivity contribution in [3.63, 3.8) is 0 Å². The van der Waals surface area contributed by atoms with Crippen LogP contribution in [0, 0.1) is 11.3 Å². The lowest BCUT2D eigenvalue weighted by molar-refractivity contribution is -0.128. The van der Waals surface area contributed by atoms with Crippen LogP contribution < -0.4 is 5.84 Å². The molecule has 0 aromatic heterocycles. The Labute approximate surface area is 73.0 Å². The molecule has 12 heavy (non-hydrogen) atoms. The van der Waals surface area contributed by atoms with Crippen molar-refractivity contribution in [2.24, 2.45) is 22.3 Å². The Bertz CT molecular complexity index is 231. The van der Waals surface area contributed by atoms with E-state index in [0.717, 1.165) is 18.6 Å². The van der Waals surface area contributed by atoms with Crippen molar-refractivity contribution in [1.29, 1.82) is 0 Å². The van der Waals surface area contributed by atoms with Crippen LogP contribution in [0.5, 0.6) is 0 Å². The zero-order valence-electron chi connectivity index (χ0n) is 7.92. The average molecular weight is 168 g/mol. The third-order valence-electron chi connectivity index (χ3n) is 2.76. The van der Waals surface area contributed by atoms with Crippen LogP contribution in [0.2, 0.25) is 0 Å². The van der Waals surface area contributed by atoms with Crippen LogP contribution in [0.1, 0.15) is 33.6 Å². The molecule has 1 atom stereocenters. The lowest BCUT2D eigenvalue weighted by atomic mass is 9.70. The highest BCUT2D eigenvalue weighted by Crippen LogP contribution is 2.32. The second kappa shape index (κ2) is 2.88. The predicted molar refractivity (Wildman–Crippen MR) is 48.8 cm³/mol. The van der Waals surface area contributed by atoms with E-state index >= 15 is 0 Å². The molecule has 0 spiro atoms. The standard InChI is InChI=1S/C9H16N2O/c1-6-4-5-7(11-10)9(2,3)8(6)12/h6H,4-5,10H2,1-3H3/b11-7+. The number of hydrazone groups is 1. The minimum atomic E-state index is -0.438. The predicted octanol–water partition coefficient (Wildman–Crippen LogP) is 1.33. The number of hydrogen-bond donors (Lipinski definition) is 1. The Morgan fingerprint density at radius 1 is 1.58 bits per heavy atom. The maximum Gasteiger partial charge on any atom is 0.146 e. The molecule has 3 heteroatoms. The fourth-order valence-electron chi connectivity index (χ4n) is 1.78. The second-order valence-electron chi connectivity index (χ2n) is 4.00. The SMILES string of the molecule is CC1CC/C(=N\N)C(C)(C)C1=O. The van der Waals surface area contributed by atoms with Crippen LogP contribution in [0.25, 0.3) is 0 Å². The van der Waals surface area contributed by atoms with Gasteiger partial charge in [-0.3, -0.25) is 4.79 Å². The second-order valence-corrected chi connectivity index (χ2v) is 4.00. The van der Waals surface area contributed by atoms with Gasteiger partial charge >= 0.3 is 0 Å². The van der Waals surface area contributed by atoms with Crippen molar-refractivity contribution in [3.05, 3.63) is 0 Å². The fraction of sp³-hybridized carbons (Fsp3) is 0.778. The van der Waals surface area contributed by atoms with Crippen LogP contribution in [-0.4, -0.2) is 11.5 Å². The first-order valence-electron chi connectivity index (χ1n) is 4.31. The first-order chi connectivity index (χ1) is 5.50. The number of carbonyl (C=O) groups is 1. The normalized spacial score (nSPS) is 32.4. The molecule has 2 N–H and O–H groups in total. The van der Waals surface area contributed by atoms with Gasteiger partial charge in [-0.1, -0.05) is 6.92 Å². The Balaban J connectivity index is 2.96. The number of hydrogen-bond acceptors (Lipinski definition) is 3. The Kier molecular flexibility index (Phi) is 2.22. The van der Waals surface area contributed by atoms with Gasteiger partial charge in [0.2, 0.25) is 0 Å². The molecule has 3 nitrogen and oxygen atoms in total. The summed E-state index contributed by atoms with van der Waals surface area (Å²) >= 11 is 0. The Morgan fingerprint density at radius 3 is 2.67 bits per heavy atom. The molecule has 1 aliphatic rings. The van der Waals surface area contributed by atoms with Crippen LogP contribution in [-0.2, 0) is 4.79 Å². The summed E-state index contributed by atoms with van der Waals surface area (Å²) in [5.74, 6) is 5.64. The molecule has 0 bridgehead atoms. The summed E-state index contributed by atoms with van der Waals surface area (Å²) in [6.45, 7) is 5.77. The fourth-order valence-corrected chi connectivity index (χ4v) is 1.78. The van der Waals surface area contributed by atoms with E-state index in [1.165, 1.54) is 0 Å². The van der Waals surface area contributed by atoms with E-state index in [4.69, 9.17) is 5.84 Å². The number of carbonyl (C=O) groups excluding carboxylic acids is 1. The highest BCUT2D eigenvalue weighted by Gasteiger charge is 2.39. The van der Waals surface area contributed by atoms with Crippen LogP contribution in [0.15, 0.2) is 5.10 Å². The molecule has 0 radical (unpaired) electrons. The largest absolute Gasteiger partial charge is 0.323 e. The highest BCUT2D eigenvalue weighted by atomic mass is 16.1. The summed E-state index contributed by atoms with van der Waals surface area (Å²) < 4.78 is 0.